The molecule has 0 bridgehead atoms. The normalized spacial score (nSPS) is 17.7. The molecule has 4 rings (SSSR count). The molecule has 1 aliphatic heterocycles. The van der Waals surface area contributed by atoms with Gasteiger partial charge < -0.3 is 20.9 Å². The molecule has 1 saturated heterocycles. The predicted molar refractivity (Wildman–Crippen MR) is 128 cm³/mol. The molecule has 5 N–H and O–H groups in total. The number of urea groups is 1. The first kappa shape index (κ1) is 22.4. The number of pyridine rings is 2. The van der Waals surface area contributed by atoms with Crippen LogP contribution in [0.2, 0.25) is 0 Å². The van der Waals surface area contributed by atoms with E-state index in [1.165, 1.54) is 45.0 Å². The molecule has 0 aromatic carbocycles. The van der Waals surface area contributed by atoms with Crippen LogP contribution in [-0.2, 0) is 0 Å². The van der Waals surface area contributed by atoms with E-state index in [0.29, 0.717) is 11.3 Å². The number of anilines is 1. The minimum absolute atomic E-state index is 0.212. The van der Waals surface area contributed by atoms with Gasteiger partial charge in [0.1, 0.15) is 12.0 Å². The Morgan fingerprint density at radius 2 is 2.00 bits per heavy atom. The third kappa shape index (κ3) is 6.11. The minimum atomic E-state index is -0.212. The smallest absolute Gasteiger partial charge is 0.320 e. The lowest BCUT2D eigenvalue weighted by atomic mass is 10.1. The van der Waals surface area contributed by atoms with Gasteiger partial charge in [-0.3, -0.25) is 10.3 Å². The van der Waals surface area contributed by atoms with E-state index in [-0.39, 0.29) is 12.1 Å². The molecule has 8 nitrogen and oxygen atoms in total. The summed E-state index contributed by atoms with van der Waals surface area (Å²) in [6, 6.07) is 5.60. The molecule has 0 atom stereocenters. The maximum Gasteiger partial charge on any atom is 0.320 e. The quantitative estimate of drug-likeness (QED) is 0.358. The molecular weight excluding hydrogens is 402 g/mol. The number of likely N-dealkylation sites (tertiary alicyclic amines) is 1. The van der Waals surface area contributed by atoms with E-state index in [4.69, 9.17) is 5.41 Å². The Hall–Kier alpha value is -2.84. The predicted octanol–water partition coefficient (Wildman–Crippen LogP) is 2.73. The highest BCUT2D eigenvalue weighted by Crippen LogP contribution is 2.19. The zero-order valence-electron chi connectivity index (χ0n) is 18.6. The van der Waals surface area contributed by atoms with Gasteiger partial charge in [-0.15, -0.1) is 0 Å². The monoisotopic (exact) mass is 436 g/mol. The number of nitrogens with two attached hydrogens (primary N) is 1. The molecule has 0 radical (unpaired) electrons. The summed E-state index contributed by atoms with van der Waals surface area (Å²) < 4.78 is 0. The molecule has 1 saturated carbocycles. The van der Waals surface area contributed by atoms with Crippen molar-refractivity contribution in [3.8, 4) is 0 Å². The van der Waals surface area contributed by atoms with Crippen molar-refractivity contribution in [1.29, 1.82) is 5.41 Å². The van der Waals surface area contributed by atoms with Crippen molar-refractivity contribution in [2.24, 2.45) is 0 Å². The number of hydrogen-bond acceptors (Lipinski definition) is 5. The highest BCUT2D eigenvalue weighted by molar-refractivity contribution is 6.08. The average molecular weight is 437 g/mol. The van der Waals surface area contributed by atoms with Gasteiger partial charge in [-0.05, 0) is 57.0 Å². The summed E-state index contributed by atoms with van der Waals surface area (Å²) in [5.74, 6) is 0.501. The van der Waals surface area contributed by atoms with Gasteiger partial charge in [0.05, 0.1) is 23.2 Å². The molecule has 32 heavy (non-hydrogen) atoms. The molecule has 3 heterocycles. The van der Waals surface area contributed by atoms with Gasteiger partial charge in [-0.1, -0.05) is 12.8 Å². The van der Waals surface area contributed by atoms with Crippen LogP contribution in [0.1, 0.15) is 50.5 Å². The van der Waals surface area contributed by atoms with Crippen LogP contribution >= 0.6 is 0 Å². The number of carbonyl (C=O) groups excluding carboxylic acids is 1. The maximum absolute atomic E-state index is 12.3. The van der Waals surface area contributed by atoms with Gasteiger partial charge >= 0.3 is 6.03 Å². The highest BCUT2D eigenvalue weighted by atomic mass is 16.2. The second kappa shape index (κ2) is 11.2. The summed E-state index contributed by atoms with van der Waals surface area (Å²) in [4.78, 5) is 23.8. The van der Waals surface area contributed by atoms with Gasteiger partial charge in [0, 0.05) is 37.0 Å². The van der Waals surface area contributed by atoms with Gasteiger partial charge in [-0.2, -0.15) is 0 Å². The molecule has 0 unspecified atom stereocenters. The fourth-order valence-electron chi connectivity index (χ4n) is 4.52. The third-order valence-electron chi connectivity index (χ3n) is 6.30. The van der Waals surface area contributed by atoms with Crippen molar-refractivity contribution in [3.63, 3.8) is 0 Å². The SMILES string of the molecule is N=C/C(=C\[NH2+]CCCN1CCCC1)c1cnc2ccc(NC(=O)NC3CCCC3)nc2c1. The first-order valence-corrected chi connectivity index (χ1v) is 11.8. The Morgan fingerprint density at radius 3 is 2.78 bits per heavy atom. The van der Waals surface area contributed by atoms with Crippen LogP contribution in [0.25, 0.3) is 16.6 Å². The number of amides is 2. The average Bonchev–Trinajstić information content (AvgIpc) is 3.50. The topological polar surface area (TPSA) is 111 Å². The summed E-state index contributed by atoms with van der Waals surface area (Å²) in [5.41, 5.74) is 3.11. The van der Waals surface area contributed by atoms with Crippen molar-refractivity contribution >= 4 is 34.7 Å². The minimum Gasteiger partial charge on any atom is -0.335 e. The fourth-order valence-corrected chi connectivity index (χ4v) is 4.52. The molecule has 1 aliphatic carbocycles. The number of fused-ring (bicyclic) bond motifs is 1. The third-order valence-corrected chi connectivity index (χ3v) is 6.30. The molecule has 8 heteroatoms. The molecule has 2 aromatic heterocycles. The van der Waals surface area contributed by atoms with Crippen molar-refractivity contribution in [2.45, 2.75) is 51.0 Å². The highest BCUT2D eigenvalue weighted by Gasteiger charge is 2.17. The van der Waals surface area contributed by atoms with Gasteiger partial charge in [-0.25, -0.2) is 9.78 Å². The second-order valence-electron chi connectivity index (χ2n) is 8.73. The van der Waals surface area contributed by atoms with E-state index in [1.54, 1.807) is 12.3 Å². The standard InChI is InChI=1S/C24H33N7O/c25-15-19(16-26-10-5-13-31-11-3-4-12-31)18-14-22-21(27-17-18)8-9-23(29-22)30-24(32)28-20-6-1-2-7-20/h8-9,14-17,20,25-26H,1-7,10-13H2,(H2,28,29,30,32)/p+1/b19-16+,25-15?. The Labute approximate surface area is 189 Å². The molecule has 2 fully saturated rings. The Balaban J connectivity index is 1.36. The first-order valence-electron chi connectivity index (χ1n) is 11.8. The van der Waals surface area contributed by atoms with E-state index in [2.05, 4.69) is 30.8 Å². The zero-order chi connectivity index (χ0) is 22.2. The fraction of sp³-hybridized carbons (Fsp3) is 0.500. The Kier molecular flexibility index (Phi) is 7.79. The molecule has 2 amide bonds. The van der Waals surface area contributed by atoms with Crippen molar-refractivity contribution in [3.05, 3.63) is 36.2 Å². The number of nitrogens with zero attached hydrogens (tertiary/aromatic N) is 3. The summed E-state index contributed by atoms with van der Waals surface area (Å²) in [6.45, 7) is 4.61. The van der Waals surface area contributed by atoms with Crippen molar-refractivity contribution in [2.75, 3.05) is 31.5 Å². The molecule has 2 aromatic rings. The Morgan fingerprint density at radius 1 is 1.19 bits per heavy atom. The van der Waals surface area contributed by atoms with E-state index in [1.807, 2.05) is 18.3 Å². The molecule has 0 spiro atoms. The Bertz CT molecular complexity index is 962. The first-order chi connectivity index (χ1) is 15.7. The number of nitrogens with one attached hydrogen (secondary N) is 3. The number of hydrogen-bond donors (Lipinski definition) is 4. The van der Waals surface area contributed by atoms with Crippen molar-refractivity contribution in [1.82, 2.24) is 20.2 Å². The lowest BCUT2D eigenvalue weighted by molar-refractivity contribution is -0.587. The number of carbonyl (C=O) groups is 1. The number of aromatic nitrogens is 2. The lowest BCUT2D eigenvalue weighted by Crippen LogP contribution is -2.78. The maximum atomic E-state index is 12.3. The van der Waals surface area contributed by atoms with Crippen LogP contribution in [0, 0.1) is 5.41 Å². The largest absolute Gasteiger partial charge is 0.335 e. The number of quaternary nitrogens is 1. The van der Waals surface area contributed by atoms with Gasteiger partial charge in [0.25, 0.3) is 0 Å². The van der Waals surface area contributed by atoms with Gasteiger partial charge in [0.15, 0.2) is 0 Å². The number of allylic oxidation sites excluding steroid dienone is 1. The van der Waals surface area contributed by atoms with Crippen molar-refractivity contribution < 1.29 is 10.1 Å². The van der Waals surface area contributed by atoms with Crippen LogP contribution in [0.15, 0.2) is 30.6 Å². The van der Waals surface area contributed by atoms with Crippen LogP contribution in [0.5, 0.6) is 0 Å². The number of rotatable bonds is 9. The van der Waals surface area contributed by atoms with E-state index in [9.17, 15) is 4.79 Å². The van der Waals surface area contributed by atoms with E-state index >= 15 is 0 Å². The van der Waals surface area contributed by atoms with Crippen LogP contribution < -0.4 is 16.0 Å². The summed E-state index contributed by atoms with van der Waals surface area (Å²) in [7, 11) is 0. The van der Waals surface area contributed by atoms with Crippen LogP contribution in [0.4, 0.5) is 10.6 Å². The van der Waals surface area contributed by atoms with E-state index < -0.39 is 0 Å². The van der Waals surface area contributed by atoms with Crippen LogP contribution in [-0.4, -0.2) is 59.3 Å². The molecule has 170 valence electrons. The summed E-state index contributed by atoms with van der Waals surface area (Å²) in [5, 5.41) is 15.8. The van der Waals surface area contributed by atoms with Crippen LogP contribution in [0.3, 0.4) is 0 Å². The molecule has 2 aliphatic rings. The summed E-state index contributed by atoms with van der Waals surface area (Å²) >= 11 is 0. The molecular formula is C24H34N7O+. The zero-order valence-corrected chi connectivity index (χ0v) is 18.6. The second-order valence-corrected chi connectivity index (χ2v) is 8.73. The van der Waals surface area contributed by atoms with Gasteiger partial charge in [0.2, 0.25) is 0 Å². The van der Waals surface area contributed by atoms with E-state index in [0.717, 1.165) is 49.0 Å². The summed E-state index contributed by atoms with van der Waals surface area (Å²) in [6.07, 6.45) is 13.3. The lowest BCUT2D eigenvalue weighted by Gasteiger charge is -2.13.